The van der Waals surface area contributed by atoms with Crippen LogP contribution >= 0.6 is 11.6 Å². The lowest BCUT2D eigenvalue weighted by Gasteiger charge is -2.45. The second-order valence-corrected chi connectivity index (χ2v) is 10.1. The minimum atomic E-state index is -0.977. The summed E-state index contributed by atoms with van der Waals surface area (Å²) in [6, 6.07) is 22.1. The molecule has 1 amide bonds. The molecule has 2 aliphatic rings. The predicted molar refractivity (Wildman–Crippen MR) is 140 cm³/mol. The molecule has 4 atom stereocenters. The second-order valence-electron chi connectivity index (χ2n) is 9.66. The lowest BCUT2D eigenvalue weighted by atomic mass is 9.89. The van der Waals surface area contributed by atoms with Crippen molar-refractivity contribution in [3.63, 3.8) is 0 Å². The first-order valence-corrected chi connectivity index (χ1v) is 12.6. The highest BCUT2D eigenvalue weighted by Crippen LogP contribution is 2.39. The topological polar surface area (TPSA) is 92.3 Å². The van der Waals surface area contributed by atoms with Crippen molar-refractivity contribution in [2.75, 3.05) is 7.11 Å². The number of benzene rings is 3. The summed E-state index contributed by atoms with van der Waals surface area (Å²) in [5.41, 5.74) is 2.07. The van der Waals surface area contributed by atoms with Gasteiger partial charge in [0.15, 0.2) is 6.10 Å². The van der Waals surface area contributed by atoms with Crippen molar-refractivity contribution in [3.8, 4) is 16.9 Å². The van der Waals surface area contributed by atoms with Crippen LogP contribution in [0.1, 0.15) is 29.8 Å². The van der Waals surface area contributed by atoms with Crippen molar-refractivity contribution in [2.24, 2.45) is 0 Å². The van der Waals surface area contributed by atoms with Crippen LogP contribution in [0, 0.1) is 0 Å². The fourth-order valence-corrected chi connectivity index (χ4v) is 4.97. The molecule has 0 unspecified atom stereocenters. The molecule has 38 heavy (non-hydrogen) atoms. The Balaban J connectivity index is 1.44. The zero-order valence-corrected chi connectivity index (χ0v) is 21.9. The summed E-state index contributed by atoms with van der Waals surface area (Å²) in [6.45, 7) is 4.01. The van der Waals surface area contributed by atoms with Gasteiger partial charge in [-0.1, -0.05) is 54.1 Å². The summed E-state index contributed by atoms with van der Waals surface area (Å²) < 4.78 is 28.6. The Morgan fingerprint density at radius 1 is 1.00 bits per heavy atom. The van der Waals surface area contributed by atoms with E-state index in [1.165, 1.54) is 7.11 Å². The number of ether oxygens (including phenoxy) is 5. The van der Waals surface area contributed by atoms with Crippen molar-refractivity contribution in [2.45, 2.75) is 50.6 Å². The normalized spacial score (nSPS) is 23.6. The zero-order valence-electron chi connectivity index (χ0n) is 21.2. The van der Waals surface area contributed by atoms with Gasteiger partial charge in [0.2, 0.25) is 12.4 Å². The van der Waals surface area contributed by atoms with Crippen molar-refractivity contribution in [3.05, 3.63) is 88.9 Å². The van der Waals surface area contributed by atoms with E-state index in [-0.39, 0.29) is 5.91 Å². The van der Waals surface area contributed by atoms with Gasteiger partial charge in [0.05, 0.1) is 11.2 Å². The van der Waals surface area contributed by atoms with Crippen LogP contribution in [0.5, 0.6) is 5.75 Å². The molecule has 0 radical (unpaired) electrons. The van der Waals surface area contributed by atoms with E-state index < -0.39 is 36.4 Å². The van der Waals surface area contributed by atoms with Crippen LogP contribution in [-0.4, -0.2) is 49.4 Å². The third-order valence-corrected chi connectivity index (χ3v) is 6.91. The fourth-order valence-electron chi connectivity index (χ4n) is 4.84. The molecule has 2 saturated heterocycles. The van der Waals surface area contributed by atoms with Gasteiger partial charge in [-0.15, -0.1) is 0 Å². The molecule has 0 saturated carbocycles. The first-order valence-electron chi connectivity index (χ1n) is 12.2. The maximum atomic E-state index is 13.4. The van der Waals surface area contributed by atoms with Gasteiger partial charge in [-0.3, -0.25) is 4.79 Å². The molecule has 198 valence electrons. The summed E-state index contributed by atoms with van der Waals surface area (Å²) in [4.78, 5) is 25.4. The van der Waals surface area contributed by atoms with E-state index in [4.69, 9.17) is 35.3 Å². The Morgan fingerprint density at radius 3 is 2.42 bits per heavy atom. The van der Waals surface area contributed by atoms with Gasteiger partial charge in [0.25, 0.3) is 5.91 Å². The van der Waals surface area contributed by atoms with Crippen LogP contribution in [0.4, 0.5) is 4.79 Å². The first kappa shape index (κ1) is 26.0. The smallest absolute Gasteiger partial charge is 0.461 e. The Kier molecular flexibility index (Phi) is 7.29. The number of hydrogen-bond donors (Lipinski definition) is 1. The quantitative estimate of drug-likeness (QED) is 0.405. The van der Waals surface area contributed by atoms with Crippen LogP contribution in [0.2, 0.25) is 5.02 Å². The van der Waals surface area contributed by atoms with Gasteiger partial charge in [-0.2, -0.15) is 0 Å². The van der Waals surface area contributed by atoms with E-state index in [9.17, 15) is 9.59 Å². The Labute approximate surface area is 225 Å². The van der Waals surface area contributed by atoms with Gasteiger partial charge in [0.1, 0.15) is 11.9 Å². The number of carbonyl (C=O) groups excluding carboxylic acids is 2. The molecule has 3 aromatic carbocycles. The molecule has 1 N–H and O–H groups in total. The fraction of sp³-hybridized carbons (Fsp3) is 0.310. The SMILES string of the molecule is CO[C@@H]1[C@H]2OC(=O)O[C@H]2[C@H](Oc2ccc(-c3ccc(Cl)cc3)c(C(=O)NCc3ccccc3)c2)OC1(C)C. The van der Waals surface area contributed by atoms with Crippen molar-refractivity contribution < 1.29 is 33.3 Å². The molecule has 2 heterocycles. The maximum Gasteiger partial charge on any atom is 0.509 e. The van der Waals surface area contributed by atoms with Crippen LogP contribution in [-0.2, 0) is 25.5 Å². The third-order valence-electron chi connectivity index (χ3n) is 6.65. The number of carbonyl (C=O) groups is 2. The van der Waals surface area contributed by atoms with Crippen LogP contribution in [0.15, 0.2) is 72.8 Å². The molecule has 9 heteroatoms. The highest BCUT2D eigenvalue weighted by Gasteiger charge is 2.58. The third kappa shape index (κ3) is 5.34. The minimum Gasteiger partial charge on any atom is -0.461 e. The Bertz CT molecular complexity index is 1310. The standard InChI is InChI=1S/C29H28ClNO7/c1-29(2)25(34-3)23-24(37-28(33)36-23)27(38-29)35-20-13-14-21(18-9-11-19(30)12-10-18)22(15-20)26(32)31-16-17-7-5-4-6-8-17/h4-15,23-25,27H,16H2,1-3H3,(H,31,32)/t23-,24+,25+,27+/m0/s1. The summed E-state index contributed by atoms with van der Waals surface area (Å²) in [6.07, 6.45) is -3.88. The maximum absolute atomic E-state index is 13.4. The van der Waals surface area contributed by atoms with Crippen molar-refractivity contribution in [1.29, 1.82) is 0 Å². The van der Waals surface area contributed by atoms with Gasteiger partial charge < -0.3 is 29.0 Å². The van der Waals surface area contributed by atoms with E-state index in [0.29, 0.717) is 28.4 Å². The predicted octanol–water partition coefficient (Wildman–Crippen LogP) is 5.37. The Hall–Kier alpha value is -3.59. The van der Waals surface area contributed by atoms with E-state index in [1.54, 1.807) is 30.3 Å². The van der Waals surface area contributed by atoms with Crippen LogP contribution in [0.25, 0.3) is 11.1 Å². The molecule has 0 aliphatic carbocycles. The summed E-state index contributed by atoms with van der Waals surface area (Å²) in [5, 5.41) is 3.57. The molecule has 0 spiro atoms. The highest BCUT2D eigenvalue weighted by atomic mass is 35.5. The zero-order chi connectivity index (χ0) is 26.9. The number of hydrogen-bond acceptors (Lipinski definition) is 7. The van der Waals surface area contributed by atoms with Gasteiger partial charge >= 0.3 is 6.16 Å². The van der Waals surface area contributed by atoms with Crippen molar-refractivity contribution >= 4 is 23.7 Å². The number of halogens is 1. The average Bonchev–Trinajstić information content (AvgIpc) is 3.29. The number of fused-ring (bicyclic) bond motifs is 1. The number of nitrogens with one attached hydrogen (secondary N) is 1. The van der Waals surface area contributed by atoms with E-state index in [0.717, 1.165) is 11.1 Å². The second kappa shape index (κ2) is 10.6. The monoisotopic (exact) mass is 537 g/mol. The highest BCUT2D eigenvalue weighted by molar-refractivity contribution is 6.30. The van der Waals surface area contributed by atoms with E-state index in [2.05, 4.69) is 5.32 Å². The van der Waals surface area contributed by atoms with Gasteiger partial charge in [-0.05, 0) is 60.9 Å². The molecule has 8 nitrogen and oxygen atoms in total. The molecule has 5 rings (SSSR count). The van der Waals surface area contributed by atoms with Crippen molar-refractivity contribution in [1.82, 2.24) is 5.32 Å². The van der Waals surface area contributed by atoms with E-state index >= 15 is 0 Å². The molecule has 2 fully saturated rings. The lowest BCUT2D eigenvalue weighted by molar-refractivity contribution is -0.282. The van der Waals surface area contributed by atoms with E-state index in [1.807, 2.05) is 56.3 Å². The number of methoxy groups -OCH3 is 1. The average molecular weight is 538 g/mol. The molecular formula is C29H28ClNO7. The molecular weight excluding hydrogens is 510 g/mol. The minimum absolute atomic E-state index is 0.276. The van der Waals surface area contributed by atoms with Gasteiger partial charge in [0, 0.05) is 18.7 Å². The largest absolute Gasteiger partial charge is 0.509 e. The molecule has 0 aromatic heterocycles. The molecule has 3 aromatic rings. The number of rotatable bonds is 7. The number of amides is 1. The first-order chi connectivity index (χ1) is 18.2. The Morgan fingerprint density at radius 2 is 1.71 bits per heavy atom. The molecule has 0 bridgehead atoms. The summed E-state index contributed by atoms with van der Waals surface area (Å²) >= 11 is 6.08. The summed E-state index contributed by atoms with van der Waals surface area (Å²) in [5.74, 6) is 0.0908. The molecule has 2 aliphatic heterocycles. The van der Waals surface area contributed by atoms with Crippen LogP contribution < -0.4 is 10.1 Å². The van der Waals surface area contributed by atoms with Crippen LogP contribution in [0.3, 0.4) is 0 Å². The summed E-state index contributed by atoms with van der Waals surface area (Å²) in [7, 11) is 1.52. The lowest BCUT2D eigenvalue weighted by Crippen LogP contribution is -2.62. The van der Waals surface area contributed by atoms with Gasteiger partial charge in [-0.25, -0.2) is 4.79 Å².